The van der Waals surface area contributed by atoms with E-state index < -0.39 is 15.8 Å². The Morgan fingerprint density at radius 2 is 2.15 bits per heavy atom. The molecular formula is C11H14N4O4S. The molecule has 8 nitrogen and oxygen atoms in total. The van der Waals surface area contributed by atoms with E-state index in [0.29, 0.717) is 5.69 Å². The van der Waals surface area contributed by atoms with E-state index in [1.165, 1.54) is 21.8 Å². The molecule has 0 unspecified atom stereocenters. The van der Waals surface area contributed by atoms with Crippen molar-refractivity contribution in [3.8, 4) is 11.4 Å². The zero-order valence-corrected chi connectivity index (χ0v) is 11.8. The molecule has 0 bridgehead atoms. The van der Waals surface area contributed by atoms with Crippen molar-refractivity contribution >= 4 is 15.8 Å². The summed E-state index contributed by atoms with van der Waals surface area (Å²) in [6.45, 7) is 0.108. The summed E-state index contributed by atoms with van der Waals surface area (Å²) in [4.78, 5) is 11.2. The van der Waals surface area contributed by atoms with Gasteiger partial charge in [0.2, 0.25) is 0 Å². The monoisotopic (exact) mass is 298 g/mol. The quantitative estimate of drug-likeness (QED) is 0.834. The number of carboxylic acids is 1. The minimum absolute atomic E-state index is 0.0158. The van der Waals surface area contributed by atoms with Crippen LogP contribution < -0.4 is 0 Å². The van der Waals surface area contributed by atoms with E-state index in [2.05, 4.69) is 10.2 Å². The van der Waals surface area contributed by atoms with Crippen LogP contribution >= 0.6 is 0 Å². The standard InChI is InChI=1S/C11H14N4O4S/c1-14-9(3-4-12-14)10-8(11(16)17)7-15(13-10)5-6-20(2,18)19/h3-4,7H,5-6H2,1-2H3,(H,16,17). The molecule has 108 valence electrons. The molecule has 0 aliphatic heterocycles. The Kier molecular flexibility index (Phi) is 3.62. The molecule has 2 heterocycles. The van der Waals surface area contributed by atoms with Crippen molar-refractivity contribution in [3.63, 3.8) is 0 Å². The molecule has 0 aromatic carbocycles. The first-order valence-electron chi connectivity index (χ1n) is 5.75. The lowest BCUT2D eigenvalue weighted by atomic mass is 10.2. The zero-order chi connectivity index (χ0) is 14.9. The third-order valence-corrected chi connectivity index (χ3v) is 3.67. The Balaban J connectivity index is 2.39. The first kappa shape index (κ1) is 14.3. The SMILES string of the molecule is Cn1nccc1-c1nn(CCS(C)(=O)=O)cc1C(=O)O. The van der Waals surface area contributed by atoms with E-state index in [1.54, 1.807) is 13.1 Å². The fraction of sp³-hybridized carbons (Fsp3) is 0.364. The van der Waals surface area contributed by atoms with Gasteiger partial charge in [0, 0.05) is 25.7 Å². The van der Waals surface area contributed by atoms with Crippen LogP contribution in [0.3, 0.4) is 0 Å². The number of hydrogen-bond donors (Lipinski definition) is 1. The lowest BCUT2D eigenvalue weighted by Gasteiger charge is -2.00. The maximum Gasteiger partial charge on any atom is 0.339 e. The van der Waals surface area contributed by atoms with Gasteiger partial charge in [-0.1, -0.05) is 0 Å². The Morgan fingerprint density at radius 3 is 2.65 bits per heavy atom. The van der Waals surface area contributed by atoms with E-state index in [1.807, 2.05) is 0 Å². The highest BCUT2D eigenvalue weighted by Gasteiger charge is 2.19. The van der Waals surface area contributed by atoms with Gasteiger partial charge in [-0.2, -0.15) is 10.2 Å². The van der Waals surface area contributed by atoms with E-state index in [4.69, 9.17) is 0 Å². The van der Waals surface area contributed by atoms with Crippen molar-refractivity contribution in [2.75, 3.05) is 12.0 Å². The molecule has 0 spiro atoms. The van der Waals surface area contributed by atoms with Crippen LogP contribution in [-0.2, 0) is 23.4 Å². The molecule has 0 fully saturated rings. The summed E-state index contributed by atoms with van der Waals surface area (Å²) in [5, 5.41) is 17.3. The summed E-state index contributed by atoms with van der Waals surface area (Å²) in [5.41, 5.74) is 0.841. The predicted octanol–water partition coefficient (Wildman–Crippen LogP) is 0.0264. The second-order valence-corrected chi connectivity index (χ2v) is 6.69. The molecule has 0 amide bonds. The third-order valence-electron chi connectivity index (χ3n) is 2.75. The van der Waals surface area contributed by atoms with E-state index in [9.17, 15) is 18.3 Å². The molecule has 0 atom stereocenters. The smallest absolute Gasteiger partial charge is 0.339 e. The average molecular weight is 298 g/mol. The van der Waals surface area contributed by atoms with Gasteiger partial charge in [-0.3, -0.25) is 9.36 Å². The molecule has 20 heavy (non-hydrogen) atoms. The molecule has 2 rings (SSSR count). The highest BCUT2D eigenvalue weighted by Crippen LogP contribution is 2.21. The Labute approximate surface area is 115 Å². The van der Waals surface area contributed by atoms with Crippen LogP contribution in [0.25, 0.3) is 11.4 Å². The fourth-order valence-corrected chi connectivity index (χ4v) is 2.27. The van der Waals surface area contributed by atoms with Crippen LogP contribution in [0, 0.1) is 0 Å². The molecule has 0 aliphatic rings. The molecular weight excluding hydrogens is 284 g/mol. The lowest BCUT2D eigenvalue weighted by Crippen LogP contribution is -2.11. The number of aryl methyl sites for hydroxylation is 2. The normalized spacial score (nSPS) is 11.7. The van der Waals surface area contributed by atoms with Crippen LogP contribution in [0.1, 0.15) is 10.4 Å². The summed E-state index contributed by atoms with van der Waals surface area (Å²) in [6, 6.07) is 1.65. The predicted molar refractivity (Wildman–Crippen MR) is 71.1 cm³/mol. The number of hydrogen-bond acceptors (Lipinski definition) is 5. The third kappa shape index (κ3) is 3.05. The van der Waals surface area contributed by atoms with Gasteiger partial charge in [-0.05, 0) is 6.07 Å². The lowest BCUT2D eigenvalue weighted by molar-refractivity contribution is 0.0697. The van der Waals surface area contributed by atoms with Gasteiger partial charge in [0.05, 0.1) is 18.0 Å². The van der Waals surface area contributed by atoms with E-state index >= 15 is 0 Å². The van der Waals surface area contributed by atoms with Crippen LogP contribution in [0.15, 0.2) is 18.5 Å². The maximum absolute atomic E-state index is 11.2. The number of aromatic nitrogens is 4. The van der Waals surface area contributed by atoms with Gasteiger partial charge in [0.25, 0.3) is 0 Å². The highest BCUT2D eigenvalue weighted by molar-refractivity contribution is 7.90. The molecule has 1 N–H and O–H groups in total. The van der Waals surface area contributed by atoms with Crippen LogP contribution in [0.5, 0.6) is 0 Å². The minimum atomic E-state index is -3.13. The molecule has 2 aromatic heterocycles. The second-order valence-electron chi connectivity index (χ2n) is 4.43. The van der Waals surface area contributed by atoms with Gasteiger partial charge >= 0.3 is 5.97 Å². The largest absolute Gasteiger partial charge is 0.478 e. The molecule has 0 radical (unpaired) electrons. The summed E-state index contributed by atoms with van der Waals surface area (Å²) in [5.74, 6) is -1.22. The van der Waals surface area contributed by atoms with Gasteiger partial charge in [0.1, 0.15) is 21.1 Å². The van der Waals surface area contributed by atoms with Crippen molar-refractivity contribution in [2.45, 2.75) is 6.54 Å². The van der Waals surface area contributed by atoms with Gasteiger partial charge in [-0.15, -0.1) is 0 Å². The highest BCUT2D eigenvalue weighted by atomic mass is 32.2. The van der Waals surface area contributed by atoms with Crippen molar-refractivity contribution in [1.29, 1.82) is 0 Å². The van der Waals surface area contributed by atoms with Crippen LogP contribution in [0.2, 0.25) is 0 Å². The number of sulfone groups is 1. The number of aromatic carboxylic acids is 1. The maximum atomic E-state index is 11.2. The molecule has 0 saturated heterocycles. The van der Waals surface area contributed by atoms with Gasteiger partial charge in [0.15, 0.2) is 0 Å². The number of nitrogens with zero attached hydrogens (tertiary/aromatic N) is 4. The van der Waals surface area contributed by atoms with Crippen molar-refractivity contribution in [3.05, 3.63) is 24.0 Å². The second kappa shape index (κ2) is 5.08. The Bertz CT molecular complexity index is 744. The number of carbonyl (C=O) groups is 1. The first-order chi connectivity index (χ1) is 9.28. The minimum Gasteiger partial charge on any atom is -0.478 e. The first-order valence-corrected chi connectivity index (χ1v) is 7.81. The van der Waals surface area contributed by atoms with E-state index in [-0.39, 0.29) is 23.6 Å². The summed E-state index contributed by atoms with van der Waals surface area (Å²) in [6.07, 6.45) is 3.99. The average Bonchev–Trinajstić information content (AvgIpc) is 2.91. The van der Waals surface area contributed by atoms with Crippen LogP contribution in [-0.4, -0.2) is 51.1 Å². The van der Waals surface area contributed by atoms with Crippen LogP contribution in [0.4, 0.5) is 0 Å². The molecule has 0 aliphatic carbocycles. The Hall–Kier alpha value is -2.16. The Morgan fingerprint density at radius 1 is 1.45 bits per heavy atom. The molecule has 2 aromatic rings. The van der Waals surface area contributed by atoms with E-state index in [0.717, 1.165) is 6.26 Å². The molecule has 0 saturated carbocycles. The number of rotatable bonds is 5. The van der Waals surface area contributed by atoms with Crippen molar-refractivity contribution in [1.82, 2.24) is 19.6 Å². The van der Waals surface area contributed by atoms with Gasteiger partial charge in [-0.25, -0.2) is 13.2 Å². The summed E-state index contributed by atoms with van der Waals surface area (Å²) >= 11 is 0. The van der Waals surface area contributed by atoms with Crippen molar-refractivity contribution in [2.24, 2.45) is 7.05 Å². The number of carboxylic acid groups (broad SMARTS) is 1. The van der Waals surface area contributed by atoms with Crippen molar-refractivity contribution < 1.29 is 18.3 Å². The fourth-order valence-electron chi connectivity index (χ4n) is 1.75. The van der Waals surface area contributed by atoms with Gasteiger partial charge < -0.3 is 5.11 Å². The zero-order valence-electron chi connectivity index (χ0n) is 11.0. The topological polar surface area (TPSA) is 107 Å². The summed E-state index contributed by atoms with van der Waals surface area (Å²) < 4.78 is 25.1. The summed E-state index contributed by atoms with van der Waals surface area (Å²) in [7, 11) is -1.46. The molecule has 9 heteroatoms.